The minimum absolute atomic E-state index is 0.0190. The molecule has 2 heterocycles. The summed E-state index contributed by atoms with van der Waals surface area (Å²) in [6.45, 7) is 2.68. The van der Waals surface area contributed by atoms with Crippen molar-refractivity contribution in [3.8, 4) is 17.2 Å². The Hall–Kier alpha value is -3.76. The molecule has 1 unspecified atom stereocenters. The second-order valence-corrected chi connectivity index (χ2v) is 11.9. The number of nitrogens with zero attached hydrogens (tertiary/aromatic N) is 3. The van der Waals surface area contributed by atoms with Crippen LogP contribution in [0, 0.1) is 5.92 Å². The number of benzene rings is 3. The number of carbonyl (C=O) groups excluding carboxylic acids is 1. The molecule has 3 aromatic rings. The first kappa shape index (κ1) is 27.8. The van der Waals surface area contributed by atoms with Gasteiger partial charge in [-0.25, -0.2) is 8.42 Å². The standard InChI is InChI=1S/C30H35N3O6S/c1-37-23-10-7-11-25(18-23)40(35,36)33-20-26(22-8-5-4-6-9-22)27(21-33)30(34)32-16-14-31(15-17-32)28-19-24(38-2)12-13-29(28)39-3/h4-13,18-19,26-27H,14-17,20-21H2,1-3H3/t26?,27-/m1/s1. The molecular weight excluding hydrogens is 530 g/mol. The highest BCUT2D eigenvalue weighted by Crippen LogP contribution is 2.38. The van der Waals surface area contributed by atoms with E-state index in [2.05, 4.69) is 4.90 Å². The zero-order valence-electron chi connectivity index (χ0n) is 23.0. The van der Waals surface area contributed by atoms with Crippen molar-refractivity contribution in [1.29, 1.82) is 0 Å². The molecular formula is C30H35N3O6S. The smallest absolute Gasteiger partial charge is 0.243 e. The van der Waals surface area contributed by atoms with Crippen LogP contribution in [-0.2, 0) is 14.8 Å². The van der Waals surface area contributed by atoms with Gasteiger partial charge in [0.25, 0.3) is 0 Å². The number of carbonyl (C=O) groups is 1. The van der Waals surface area contributed by atoms with Crippen LogP contribution in [0.3, 0.4) is 0 Å². The number of ether oxygens (including phenoxy) is 3. The number of anilines is 1. The first-order valence-corrected chi connectivity index (χ1v) is 14.7. The van der Waals surface area contributed by atoms with Crippen molar-refractivity contribution in [1.82, 2.24) is 9.21 Å². The lowest BCUT2D eigenvalue weighted by Gasteiger charge is -2.38. The van der Waals surface area contributed by atoms with Crippen LogP contribution >= 0.6 is 0 Å². The Labute approximate surface area is 235 Å². The molecule has 10 heteroatoms. The molecule has 0 N–H and O–H groups in total. The Morgan fingerprint density at radius 3 is 2.15 bits per heavy atom. The van der Waals surface area contributed by atoms with E-state index in [4.69, 9.17) is 14.2 Å². The summed E-state index contributed by atoms with van der Waals surface area (Å²) >= 11 is 0. The van der Waals surface area contributed by atoms with Crippen LogP contribution in [0.1, 0.15) is 11.5 Å². The monoisotopic (exact) mass is 565 g/mol. The van der Waals surface area contributed by atoms with Crippen LogP contribution in [0.5, 0.6) is 17.2 Å². The quantitative estimate of drug-likeness (QED) is 0.413. The lowest BCUT2D eigenvalue weighted by atomic mass is 9.88. The molecule has 9 nitrogen and oxygen atoms in total. The summed E-state index contributed by atoms with van der Waals surface area (Å²) in [6, 6.07) is 21.9. The van der Waals surface area contributed by atoms with Gasteiger partial charge in [-0.15, -0.1) is 0 Å². The molecule has 0 aromatic heterocycles. The topological polar surface area (TPSA) is 88.6 Å². The Bertz CT molecular complexity index is 1440. The van der Waals surface area contributed by atoms with Crippen LogP contribution in [0.25, 0.3) is 0 Å². The number of sulfonamides is 1. The average Bonchev–Trinajstić information content (AvgIpc) is 3.47. The number of methoxy groups -OCH3 is 3. The predicted octanol–water partition coefficient (Wildman–Crippen LogP) is 3.47. The summed E-state index contributed by atoms with van der Waals surface area (Å²) < 4.78 is 45.0. The van der Waals surface area contributed by atoms with E-state index >= 15 is 0 Å². The van der Waals surface area contributed by atoms with E-state index in [0.717, 1.165) is 22.7 Å². The molecule has 0 aliphatic carbocycles. The van der Waals surface area contributed by atoms with Crippen LogP contribution in [0.2, 0.25) is 0 Å². The molecule has 0 bridgehead atoms. The molecule has 2 atom stereocenters. The molecule has 40 heavy (non-hydrogen) atoms. The number of hydrogen-bond acceptors (Lipinski definition) is 7. The largest absolute Gasteiger partial charge is 0.497 e. The van der Waals surface area contributed by atoms with E-state index in [-0.39, 0.29) is 29.8 Å². The highest BCUT2D eigenvalue weighted by Gasteiger charge is 2.45. The van der Waals surface area contributed by atoms with Crippen molar-refractivity contribution in [2.75, 3.05) is 65.5 Å². The number of amides is 1. The molecule has 0 saturated carbocycles. The first-order valence-electron chi connectivity index (χ1n) is 13.3. The van der Waals surface area contributed by atoms with Gasteiger partial charge in [-0.1, -0.05) is 36.4 Å². The van der Waals surface area contributed by atoms with Gasteiger partial charge >= 0.3 is 0 Å². The molecule has 0 spiro atoms. The van der Waals surface area contributed by atoms with E-state index in [0.29, 0.717) is 31.9 Å². The minimum Gasteiger partial charge on any atom is -0.497 e. The van der Waals surface area contributed by atoms with Crippen molar-refractivity contribution in [2.24, 2.45) is 5.92 Å². The molecule has 0 radical (unpaired) electrons. The zero-order chi connectivity index (χ0) is 28.3. The first-order chi connectivity index (χ1) is 19.3. The normalized spacial score (nSPS) is 19.9. The van der Waals surface area contributed by atoms with Crippen molar-refractivity contribution >= 4 is 21.6 Å². The molecule has 2 aliphatic heterocycles. The van der Waals surface area contributed by atoms with Gasteiger partial charge in [-0.3, -0.25) is 4.79 Å². The lowest BCUT2D eigenvalue weighted by molar-refractivity contribution is -0.135. The van der Waals surface area contributed by atoms with Gasteiger partial charge in [0.15, 0.2) is 0 Å². The molecule has 2 fully saturated rings. The van der Waals surface area contributed by atoms with Gasteiger partial charge in [-0.2, -0.15) is 4.31 Å². The Morgan fingerprint density at radius 1 is 0.775 bits per heavy atom. The van der Waals surface area contributed by atoms with Crippen molar-refractivity contribution < 1.29 is 27.4 Å². The van der Waals surface area contributed by atoms with Gasteiger partial charge in [0.05, 0.1) is 37.8 Å². The Balaban J connectivity index is 1.36. The number of rotatable bonds is 8. The summed E-state index contributed by atoms with van der Waals surface area (Å²) in [5.41, 5.74) is 1.89. The van der Waals surface area contributed by atoms with Crippen LogP contribution < -0.4 is 19.1 Å². The van der Waals surface area contributed by atoms with E-state index in [1.807, 2.05) is 53.4 Å². The van der Waals surface area contributed by atoms with E-state index in [1.54, 1.807) is 32.4 Å². The summed E-state index contributed by atoms with van der Waals surface area (Å²) in [5, 5.41) is 0. The van der Waals surface area contributed by atoms with Crippen molar-refractivity contribution in [3.05, 3.63) is 78.4 Å². The Morgan fingerprint density at radius 2 is 1.48 bits per heavy atom. The van der Waals surface area contributed by atoms with E-state index < -0.39 is 15.9 Å². The van der Waals surface area contributed by atoms with Crippen LogP contribution in [0.4, 0.5) is 5.69 Å². The fourth-order valence-electron chi connectivity index (χ4n) is 5.61. The second-order valence-electron chi connectivity index (χ2n) is 9.97. The summed E-state index contributed by atoms with van der Waals surface area (Å²) in [5.74, 6) is 1.21. The second kappa shape index (κ2) is 11.8. The van der Waals surface area contributed by atoms with Crippen molar-refractivity contribution in [3.63, 3.8) is 0 Å². The van der Waals surface area contributed by atoms with Gasteiger partial charge in [0, 0.05) is 57.3 Å². The summed E-state index contributed by atoms with van der Waals surface area (Å²) in [6.07, 6.45) is 0. The fourth-order valence-corrected chi connectivity index (χ4v) is 7.14. The fraction of sp³-hybridized carbons (Fsp3) is 0.367. The average molecular weight is 566 g/mol. The zero-order valence-corrected chi connectivity index (χ0v) is 23.8. The summed E-state index contributed by atoms with van der Waals surface area (Å²) in [7, 11) is 0.955. The van der Waals surface area contributed by atoms with Gasteiger partial charge in [0.1, 0.15) is 17.2 Å². The van der Waals surface area contributed by atoms with E-state index in [9.17, 15) is 13.2 Å². The molecule has 212 valence electrons. The van der Waals surface area contributed by atoms with Gasteiger partial charge in [-0.05, 0) is 29.8 Å². The van der Waals surface area contributed by atoms with Crippen LogP contribution in [-0.4, -0.2) is 84.1 Å². The lowest BCUT2D eigenvalue weighted by Crippen LogP contribution is -2.51. The molecule has 2 aliphatic rings. The maximum Gasteiger partial charge on any atom is 0.243 e. The SMILES string of the molecule is COc1cccc(S(=O)(=O)N2CC(c3ccccc3)[C@H](C(=O)N3CCN(c4cc(OC)ccc4OC)CC3)C2)c1. The van der Waals surface area contributed by atoms with Gasteiger partial charge in [0.2, 0.25) is 15.9 Å². The molecule has 1 amide bonds. The van der Waals surface area contributed by atoms with Crippen molar-refractivity contribution in [2.45, 2.75) is 10.8 Å². The summed E-state index contributed by atoms with van der Waals surface area (Å²) in [4.78, 5) is 18.2. The molecule has 3 aromatic carbocycles. The third kappa shape index (κ3) is 5.46. The van der Waals surface area contributed by atoms with E-state index in [1.165, 1.54) is 17.5 Å². The maximum atomic E-state index is 14.0. The third-order valence-corrected chi connectivity index (χ3v) is 9.66. The molecule has 2 saturated heterocycles. The van der Waals surface area contributed by atoms with Gasteiger partial charge < -0.3 is 24.0 Å². The number of piperazine rings is 1. The predicted molar refractivity (Wildman–Crippen MR) is 153 cm³/mol. The highest BCUT2D eigenvalue weighted by atomic mass is 32.2. The highest BCUT2D eigenvalue weighted by molar-refractivity contribution is 7.89. The minimum atomic E-state index is -3.82. The molecule has 5 rings (SSSR count). The number of hydrogen-bond donors (Lipinski definition) is 0. The Kier molecular flexibility index (Phi) is 8.18. The third-order valence-electron chi connectivity index (χ3n) is 7.83. The maximum absolute atomic E-state index is 14.0. The van der Waals surface area contributed by atoms with Crippen LogP contribution in [0.15, 0.2) is 77.7 Å².